The van der Waals surface area contributed by atoms with Crippen LogP contribution in [0.2, 0.25) is 0 Å². The SMILES string of the molecule is COc1ccc(C2(CBr)CC2)cc1F. The second-order valence-electron chi connectivity index (χ2n) is 3.76. The van der Waals surface area contributed by atoms with E-state index in [2.05, 4.69) is 15.9 Å². The first-order chi connectivity index (χ1) is 6.72. The van der Waals surface area contributed by atoms with Crippen LogP contribution in [0.5, 0.6) is 5.75 Å². The van der Waals surface area contributed by atoms with E-state index in [0.29, 0.717) is 5.75 Å². The van der Waals surface area contributed by atoms with Gasteiger partial charge in [0.1, 0.15) is 0 Å². The van der Waals surface area contributed by atoms with Gasteiger partial charge in [-0.1, -0.05) is 22.0 Å². The second-order valence-corrected chi connectivity index (χ2v) is 4.32. The van der Waals surface area contributed by atoms with Crippen molar-refractivity contribution in [3.8, 4) is 5.75 Å². The van der Waals surface area contributed by atoms with E-state index in [1.54, 1.807) is 12.1 Å². The lowest BCUT2D eigenvalue weighted by atomic mass is 9.98. The number of benzene rings is 1. The van der Waals surface area contributed by atoms with Crippen molar-refractivity contribution >= 4 is 15.9 Å². The van der Waals surface area contributed by atoms with E-state index in [4.69, 9.17) is 4.74 Å². The highest BCUT2D eigenvalue weighted by Crippen LogP contribution is 2.49. The van der Waals surface area contributed by atoms with Crippen LogP contribution >= 0.6 is 15.9 Å². The average Bonchev–Trinajstić information content (AvgIpc) is 2.98. The molecule has 0 aromatic heterocycles. The molecule has 0 unspecified atom stereocenters. The van der Waals surface area contributed by atoms with Crippen molar-refractivity contribution in [1.82, 2.24) is 0 Å². The van der Waals surface area contributed by atoms with Crippen LogP contribution in [0.3, 0.4) is 0 Å². The molecule has 0 atom stereocenters. The molecule has 0 amide bonds. The number of hydrogen-bond acceptors (Lipinski definition) is 1. The van der Waals surface area contributed by atoms with E-state index in [-0.39, 0.29) is 11.2 Å². The molecular formula is C11H12BrFO. The Labute approximate surface area is 91.4 Å². The fourth-order valence-corrected chi connectivity index (χ4v) is 2.53. The van der Waals surface area contributed by atoms with Crippen LogP contribution < -0.4 is 4.74 Å². The smallest absolute Gasteiger partial charge is 0.165 e. The van der Waals surface area contributed by atoms with Crippen LogP contribution in [-0.2, 0) is 5.41 Å². The molecule has 2 rings (SSSR count). The van der Waals surface area contributed by atoms with Gasteiger partial charge in [-0.2, -0.15) is 0 Å². The topological polar surface area (TPSA) is 9.23 Å². The minimum absolute atomic E-state index is 0.188. The zero-order valence-electron chi connectivity index (χ0n) is 8.02. The van der Waals surface area contributed by atoms with Crippen LogP contribution in [0.4, 0.5) is 4.39 Å². The summed E-state index contributed by atoms with van der Waals surface area (Å²) < 4.78 is 18.3. The fraction of sp³-hybridized carbons (Fsp3) is 0.455. The minimum Gasteiger partial charge on any atom is -0.494 e. The molecular weight excluding hydrogens is 247 g/mol. The molecule has 0 saturated heterocycles. The van der Waals surface area contributed by atoms with Crippen LogP contribution in [0, 0.1) is 5.82 Å². The Kier molecular flexibility index (Phi) is 2.52. The summed E-state index contributed by atoms with van der Waals surface area (Å²) in [5.41, 5.74) is 1.26. The highest BCUT2D eigenvalue weighted by molar-refractivity contribution is 9.09. The van der Waals surface area contributed by atoms with Gasteiger partial charge in [0.25, 0.3) is 0 Å². The van der Waals surface area contributed by atoms with E-state index in [9.17, 15) is 4.39 Å². The zero-order valence-corrected chi connectivity index (χ0v) is 9.60. The predicted molar refractivity (Wildman–Crippen MR) is 57.7 cm³/mol. The highest BCUT2D eigenvalue weighted by atomic mass is 79.9. The molecule has 0 heterocycles. The maximum absolute atomic E-state index is 13.4. The molecule has 1 fully saturated rings. The number of alkyl halides is 1. The molecule has 76 valence electrons. The molecule has 0 N–H and O–H groups in total. The van der Waals surface area contributed by atoms with Gasteiger partial charge in [-0.15, -0.1) is 0 Å². The highest BCUT2D eigenvalue weighted by Gasteiger charge is 2.43. The lowest BCUT2D eigenvalue weighted by Crippen LogP contribution is -2.08. The van der Waals surface area contributed by atoms with Crippen LogP contribution in [0.1, 0.15) is 18.4 Å². The van der Waals surface area contributed by atoms with Crippen molar-refractivity contribution in [3.05, 3.63) is 29.6 Å². The third-order valence-electron chi connectivity index (χ3n) is 2.87. The zero-order chi connectivity index (χ0) is 10.2. The van der Waals surface area contributed by atoms with Crippen molar-refractivity contribution in [1.29, 1.82) is 0 Å². The summed E-state index contributed by atoms with van der Waals surface area (Å²) in [4.78, 5) is 0. The largest absolute Gasteiger partial charge is 0.494 e. The first-order valence-electron chi connectivity index (χ1n) is 4.62. The summed E-state index contributed by atoms with van der Waals surface area (Å²) in [6.07, 6.45) is 2.29. The Balaban J connectivity index is 2.33. The van der Waals surface area contributed by atoms with Gasteiger partial charge in [0.2, 0.25) is 0 Å². The maximum Gasteiger partial charge on any atom is 0.165 e. The van der Waals surface area contributed by atoms with Gasteiger partial charge in [-0.25, -0.2) is 4.39 Å². The molecule has 0 aliphatic heterocycles. The second kappa shape index (κ2) is 3.54. The van der Waals surface area contributed by atoms with Crippen molar-refractivity contribution in [2.75, 3.05) is 12.4 Å². The van der Waals surface area contributed by atoms with Crippen molar-refractivity contribution in [3.63, 3.8) is 0 Å². The standard InChI is InChI=1S/C11H12BrFO/c1-14-10-3-2-8(6-9(10)13)11(7-12)4-5-11/h2-3,6H,4-5,7H2,1H3. The molecule has 1 nitrogen and oxygen atoms in total. The van der Waals surface area contributed by atoms with Gasteiger partial charge < -0.3 is 4.74 Å². The number of rotatable bonds is 3. The molecule has 0 spiro atoms. The molecule has 3 heteroatoms. The van der Waals surface area contributed by atoms with E-state index in [1.807, 2.05) is 6.07 Å². The molecule has 1 aliphatic carbocycles. The monoisotopic (exact) mass is 258 g/mol. The first kappa shape index (κ1) is 9.97. The van der Waals surface area contributed by atoms with E-state index < -0.39 is 0 Å². The summed E-state index contributed by atoms with van der Waals surface area (Å²) in [7, 11) is 1.48. The fourth-order valence-electron chi connectivity index (χ4n) is 1.65. The summed E-state index contributed by atoms with van der Waals surface area (Å²) in [6, 6.07) is 5.25. The predicted octanol–water partition coefficient (Wildman–Crippen LogP) is 3.26. The minimum atomic E-state index is -0.266. The van der Waals surface area contributed by atoms with E-state index in [1.165, 1.54) is 7.11 Å². The molecule has 0 radical (unpaired) electrons. The molecule has 14 heavy (non-hydrogen) atoms. The molecule has 1 aromatic carbocycles. The van der Waals surface area contributed by atoms with E-state index in [0.717, 1.165) is 23.7 Å². The Hall–Kier alpha value is -0.570. The Morgan fingerprint density at radius 2 is 2.21 bits per heavy atom. The Morgan fingerprint density at radius 3 is 2.64 bits per heavy atom. The first-order valence-corrected chi connectivity index (χ1v) is 5.74. The van der Waals surface area contributed by atoms with Gasteiger partial charge in [-0.3, -0.25) is 0 Å². The third kappa shape index (κ3) is 1.54. The van der Waals surface area contributed by atoms with Crippen LogP contribution in [0.15, 0.2) is 18.2 Å². The average molecular weight is 259 g/mol. The van der Waals surface area contributed by atoms with E-state index >= 15 is 0 Å². The van der Waals surface area contributed by atoms with Gasteiger partial charge in [0.15, 0.2) is 11.6 Å². The van der Waals surface area contributed by atoms with Crippen molar-refractivity contribution in [2.45, 2.75) is 18.3 Å². The maximum atomic E-state index is 13.4. The third-order valence-corrected chi connectivity index (χ3v) is 3.95. The molecule has 0 bridgehead atoms. The Bertz CT molecular complexity index is 347. The van der Waals surface area contributed by atoms with Gasteiger partial charge >= 0.3 is 0 Å². The Morgan fingerprint density at radius 1 is 1.50 bits per heavy atom. The van der Waals surface area contributed by atoms with Gasteiger partial charge in [-0.05, 0) is 30.5 Å². The summed E-state index contributed by atoms with van der Waals surface area (Å²) >= 11 is 3.48. The number of hydrogen-bond donors (Lipinski definition) is 0. The van der Waals surface area contributed by atoms with Gasteiger partial charge in [0.05, 0.1) is 7.11 Å². The van der Waals surface area contributed by atoms with Crippen LogP contribution in [0.25, 0.3) is 0 Å². The molecule has 1 aromatic rings. The van der Waals surface area contributed by atoms with Crippen LogP contribution in [-0.4, -0.2) is 12.4 Å². The number of ether oxygens (including phenoxy) is 1. The molecule has 1 aliphatic rings. The lowest BCUT2D eigenvalue weighted by molar-refractivity contribution is 0.386. The summed E-state index contributed by atoms with van der Waals surface area (Å²) in [6.45, 7) is 0. The quantitative estimate of drug-likeness (QED) is 0.757. The summed E-state index contributed by atoms with van der Waals surface area (Å²) in [5.74, 6) is 0.0522. The molecule has 1 saturated carbocycles. The number of halogens is 2. The van der Waals surface area contributed by atoms with Crippen molar-refractivity contribution in [2.24, 2.45) is 0 Å². The number of methoxy groups -OCH3 is 1. The lowest BCUT2D eigenvalue weighted by Gasteiger charge is -2.12. The normalized spacial score (nSPS) is 17.9. The van der Waals surface area contributed by atoms with Gasteiger partial charge in [0, 0.05) is 10.7 Å². The van der Waals surface area contributed by atoms with Crippen molar-refractivity contribution < 1.29 is 9.13 Å². The summed E-state index contributed by atoms with van der Waals surface area (Å²) in [5, 5.41) is 0.909.